The molecular weight excluding hydrogens is 278 g/mol. The third kappa shape index (κ3) is 2.65. The molecule has 2 rings (SSSR count). The Morgan fingerprint density at radius 3 is 2.75 bits per heavy atom. The van der Waals surface area contributed by atoms with E-state index in [0.29, 0.717) is 23.4 Å². The summed E-state index contributed by atoms with van der Waals surface area (Å²) in [6.45, 7) is 6.84. The number of hydrogen-bond donors (Lipinski definition) is 1. The summed E-state index contributed by atoms with van der Waals surface area (Å²) >= 11 is 5.92. The Morgan fingerprint density at radius 2 is 2.15 bits per heavy atom. The van der Waals surface area contributed by atoms with Crippen LogP contribution >= 0.6 is 11.6 Å². The van der Waals surface area contributed by atoms with Crippen molar-refractivity contribution in [2.75, 3.05) is 17.3 Å². The molecule has 0 saturated carbocycles. The van der Waals surface area contributed by atoms with E-state index >= 15 is 0 Å². The number of aromatic amines is 1. The Morgan fingerprint density at radius 1 is 1.45 bits per heavy atom. The number of aromatic nitrogens is 4. The summed E-state index contributed by atoms with van der Waals surface area (Å²) in [5, 5.41) is 6.46. The van der Waals surface area contributed by atoms with Gasteiger partial charge in [0.25, 0.3) is 0 Å². The van der Waals surface area contributed by atoms with Crippen molar-refractivity contribution in [3.63, 3.8) is 0 Å². The normalized spacial score (nSPS) is 11.4. The molecule has 2 aromatic rings. The molecule has 1 N–H and O–H groups in total. The minimum absolute atomic E-state index is 0.261. The number of nitrogens with one attached hydrogen (secondary N) is 1. The lowest BCUT2D eigenvalue weighted by molar-refractivity contribution is 0.561. The van der Waals surface area contributed by atoms with Crippen LogP contribution in [0.2, 0.25) is 0 Å². The highest BCUT2D eigenvalue weighted by molar-refractivity contribution is 6.18. The monoisotopic (exact) mass is 297 g/mol. The summed E-state index contributed by atoms with van der Waals surface area (Å²) in [5.41, 5.74) is 0.325. The quantitative estimate of drug-likeness (QED) is 0.828. The first-order chi connectivity index (χ1) is 9.62. The number of alkyl halides is 1. The van der Waals surface area contributed by atoms with Crippen molar-refractivity contribution in [3.8, 4) is 0 Å². The van der Waals surface area contributed by atoms with E-state index in [9.17, 15) is 4.79 Å². The van der Waals surface area contributed by atoms with E-state index in [1.807, 2.05) is 6.07 Å². The van der Waals surface area contributed by atoms with Crippen LogP contribution in [0.4, 0.5) is 5.82 Å². The Bertz CT molecular complexity index is 631. The molecule has 0 radical (unpaired) electrons. The summed E-state index contributed by atoms with van der Waals surface area (Å²) in [7, 11) is 0. The molecule has 2 heterocycles. The van der Waals surface area contributed by atoms with Gasteiger partial charge in [-0.05, 0) is 19.8 Å². The fraction of sp³-hybridized carbons (Fsp3) is 0.615. The standard InChI is InChI=1S/C13H20ClN5O/c1-4-10(5-2)18(7-6-14)11-8-12-16-17-13(20)19(12)9(3)15-11/h8,10H,4-7H2,1-3H3,(H,17,20). The highest BCUT2D eigenvalue weighted by Gasteiger charge is 2.18. The largest absolute Gasteiger partial charge is 0.352 e. The maximum Gasteiger partial charge on any atom is 0.349 e. The highest BCUT2D eigenvalue weighted by atomic mass is 35.5. The molecule has 0 unspecified atom stereocenters. The molecule has 6 nitrogen and oxygen atoms in total. The van der Waals surface area contributed by atoms with Gasteiger partial charge in [0.15, 0.2) is 5.65 Å². The summed E-state index contributed by atoms with van der Waals surface area (Å²) in [5.74, 6) is 1.99. The van der Waals surface area contributed by atoms with E-state index < -0.39 is 0 Å². The van der Waals surface area contributed by atoms with Crippen molar-refractivity contribution < 1.29 is 0 Å². The molecule has 0 aromatic carbocycles. The van der Waals surface area contributed by atoms with Crippen LogP contribution in [-0.2, 0) is 0 Å². The zero-order chi connectivity index (χ0) is 14.7. The van der Waals surface area contributed by atoms with Crippen molar-refractivity contribution in [2.45, 2.75) is 39.7 Å². The smallest absolute Gasteiger partial charge is 0.349 e. The van der Waals surface area contributed by atoms with Gasteiger partial charge < -0.3 is 4.90 Å². The summed E-state index contributed by atoms with van der Waals surface area (Å²) in [6, 6.07) is 2.21. The van der Waals surface area contributed by atoms with E-state index in [-0.39, 0.29) is 5.69 Å². The van der Waals surface area contributed by atoms with Gasteiger partial charge in [-0.2, -0.15) is 5.10 Å². The van der Waals surface area contributed by atoms with Crippen LogP contribution in [0.3, 0.4) is 0 Å². The molecule has 0 bridgehead atoms. The fourth-order valence-electron chi connectivity index (χ4n) is 2.53. The number of H-pyrrole nitrogens is 1. The summed E-state index contributed by atoms with van der Waals surface area (Å²) < 4.78 is 1.47. The summed E-state index contributed by atoms with van der Waals surface area (Å²) in [6.07, 6.45) is 2.04. The number of aryl methyl sites for hydroxylation is 1. The van der Waals surface area contributed by atoms with Gasteiger partial charge in [0.2, 0.25) is 0 Å². The zero-order valence-electron chi connectivity index (χ0n) is 12.1. The van der Waals surface area contributed by atoms with Gasteiger partial charge in [-0.15, -0.1) is 11.6 Å². The third-order valence-corrected chi connectivity index (χ3v) is 3.73. The Kier molecular flexibility index (Phi) is 4.65. The second-order valence-electron chi connectivity index (χ2n) is 4.74. The molecule has 0 fully saturated rings. The van der Waals surface area contributed by atoms with E-state index in [2.05, 4.69) is 33.9 Å². The molecule has 2 aromatic heterocycles. The van der Waals surface area contributed by atoms with Crippen LogP contribution < -0.4 is 10.6 Å². The lowest BCUT2D eigenvalue weighted by Crippen LogP contribution is -2.37. The van der Waals surface area contributed by atoms with Crippen LogP contribution in [0.25, 0.3) is 5.65 Å². The van der Waals surface area contributed by atoms with Gasteiger partial charge in [-0.25, -0.2) is 19.3 Å². The van der Waals surface area contributed by atoms with Crippen molar-refractivity contribution in [1.82, 2.24) is 19.6 Å². The molecule has 0 aliphatic heterocycles. The van der Waals surface area contributed by atoms with Gasteiger partial charge in [0.05, 0.1) is 0 Å². The van der Waals surface area contributed by atoms with E-state index in [4.69, 9.17) is 11.6 Å². The summed E-state index contributed by atoms with van der Waals surface area (Å²) in [4.78, 5) is 18.4. The molecule has 110 valence electrons. The fourth-order valence-corrected chi connectivity index (χ4v) is 2.72. The first-order valence-electron chi connectivity index (χ1n) is 6.89. The second-order valence-corrected chi connectivity index (χ2v) is 5.11. The zero-order valence-corrected chi connectivity index (χ0v) is 12.8. The van der Waals surface area contributed by atoms with E-state index in [1.165, 1.54) is 4.40 Å². The lowest BCUT2D eigenvalue weighted by atomic mass is 10.1. The Hall–Kier alpha value is -1.56. The lowest BCUT2D eigenvalue weighted by Gasteiger charge is -2.31. The van der Waals surface area contributed by atoms with Crippen LogP contribution in [0.1, 0.15) is 32.5 Å². The topological polar surface area (TPSA) is 66.3 Å². The van der Waals surface area contributed by atoms with Gasteiger partial charge in [-0.1, -0.05) is 13.8 Å². The second kappa shape index (κ2) is 6.26. The molecule has 0 amide bonds. The van der Waals surface area contributed by atoms with E-state index in [0.717, 1.165) is 25.2 Å². The number of hydrogen-bond acceptors (Lipinski definition) is 4. The van der Waals surface area contributed by atoms with Gasteiger partial charge >= 0.3 is 5.69 Å². The number of halogens is 1. The van der Waals surface area contributed by atoms with Gasteiger partial charge in [-0.3, -0.25) is 0 Å². The molecule has 20 heavy (non-hydrogen) atoms. The average molecular weight is 298 g/mol. The first kappa shape index (κ1) is 14.8. The number of nitrogens with zero attached hydrogens (tertiary/aromatic N) is 4. The molecule has 0 aliphatic rings. The highest BCUT2D eigenvalue weighted by Crippen LogP contribution is 2.20. The third-order valence-electron chi connectivity index (χ3n) is 3.56. The maximum atomic E-state index is 11.6. The molecule has 7 heteroatoms. The van der Waals surface area contributed by atoms with Crippen LogP contribution in [0.5, 0.6) is 0 Å². The molecular formula is C13H20ClN5O. The minimum atomic E-state index is -0.261. The van der Waals surface area contributed by atoms with E-state index in [1.54, 1.807) is 6.92 Å². The predicted molar refractivity (Wildman–Crippen MR) is 80.8 cm³/mol. The molecule has 0 aliphatic carbocycles. The van der Waals surface area contributed by atoms with Crippen LogP contribution in [0, 0.1) is 6.92 Å². The number of fused-ring (bicyclic) bond motifs is 1. The van der Waals surface area contributed by atoms with Crippen LogP contribution in [-0.4, -0.2) is 38.0 Å². The number of rotatable bonds is 6. The van der Waals surface area contributed by atoms with Crippen molar-refractivity contribution in [3.05, 3.63) is 22.4 Å². The van der Waals surface area contributed by atoms with Gasteiger partial charge in [0.1, 0.15) is 11.6 Å². The van der Waals surface area contributed by atoms with Crippen molar-refractivity contribution >= 4 is 23.1 Å². The predicted octanol–water partition coefficient (Wildman–Crippen LogP) is 1.96. The first-order valence-corrected chi connectivity index (χ1v) is 7.43. The number of anilines is 1. The maximum absolute atomic E-state index is 11.6. The molecule has 0 spiro atoms. The van der Waals surface area contributed by atoms with Crippen molar-refractivity contribution in [2.24, 2.45) is 0 Å². The van der Waals surface area contributed by atoms with Crippen molar-refractivity contribution in [1.29, 1.82) is 0 Å². The van der Waals surface area contributed by atoms with Gasteiger partial charge in [0, 0.05) is 24.5 Å². The molecule has 0 atom stereocenters. The molecule has 0 saturated heterocycles. The Balaban J connectivity index is 2.50. The Labute approximate surface area is 122 Å². The minimum Gasteiger partial charge on any atom is -0.352 e. The average Bonchev–Trinajstić information content (AvgIpc) is 2.81. The van der Waals surface area contributed by atoms with Crippen LogP contribution in [0.15, 0.2) is 10.9 Å². The SMILES string of the molecule is CCC(CC)N(CCCl)c1cc2n[nH]c(=O)n2c(C)n1.